The van der Waals surface area contributed by atoms with Gasteiger partial charge >= 0.3 is 0 Å². The number of rotatable bonds is 9. The van der Waals surface area contributed by atoms with Crippen LogP contribution in [0.4, 0.5) is 5.69 Å². The van der Waals surface area contributed by atoms with Gasteiger partial charge in [-0.3, -0.25) is 18.8 Å². The first kappa shape index (κ1) is 23.8. The second-order valence-electron chi connectivity index (χ2n) is 8.07. The number of hydrogen-bond donors (Lipinski definition) is 1. The lowest BCUT2D eigenvalue weighted by atomic mass is 10.1. The monoisotopic (exact) mass is 475 g/mol. The molecule has 2 aromatic heterocycles. The van der Waals surface area contributed by atoms with Gasteiger partial charge in [0.2, 0.25) is 5.91 Å². The van der Waals surface area contributed by atoms with Gasteiger partial charge in [0.25, 0.3) is 5.56 Å². The number of amides is 1. The van der Waals surface area contributed by atoms with E-state index in [1.807, 2.05) is 68.4 Å². The molecule has 7 nitrogen and oxygen atoms in total. The number of nitrogens with one attached hydrogen (secondary N) is 1. The summed E-state index contributed by atoms with van der Waals surface area (Å²) in [6, 6.07) is 17.9. The maximum absolute atomic E-state index is 13.5. The van der Waals surface area contributed by atoms with Gasteiger partial charge in [-0.1, -0.05) is 61.2 Å². The highest BCUT2D eigenvalue weighted by Crippen LogP contribution is 2.21. The van der Waals surface area contributed by atoms with Crippen LogP contribution in [0.2, 0.25) is 0 Å². The molecule has 1 N–H and O–H groups in total. The van der Waals surface area contributed by atoms with E-state index in [4.69, 9.17) is 4.98 Å². The lowest BCUT2D eigenvalue weighted by Crippen LogP contribution is -2.26. The van der Waals surface area contributed by atoms with E-state index in [2.05, 4.69) is 17.3 Å². The molecule has 0 aliphatic carbocycles. The van der Waals surface area contributed by atoms with Crippen LogP contribution in [-0.2, 0) is 30.7 Å². The van der Waals surface area contributed by atoms with E-state index in [1.54, 1.807) is 9.25 Å². The number of thioether (sulfide) groups is 1. The second kappa shape index (κ2) is 10.7. The van der Waals surface area contributed by atoms with Crippen molar-refractivity contribution in [2.24, 2.45) is 0 Å². The molecule has 0 bridgehead atoms. The summed E-state index contributed by atoms with van der Waals surface area (Å²) in [5, 5.41) is 7.94. The third-order valence-corrected chi connectivity index (χ3v) is 6.70. The number of nitrogens with zero attached hydrogens (tertiary/aromatic N) is 4. The minimum atomic E-state index is -0.140. The fourth-order valence-electron chi connectivity index (χ4n) is 3.86. The van der Waals surface area contributed by atoms with Gasteiger partial charge in [0.05, 0.1) is 11.4 Å². The van der Waals surface area contributed by atoms with Crippen molar-refractivity contribution >= 4 is 34.4 Å². The number of aryl methyl sites for hydroxylation is 4. The number of fused-ring (bicyclic) bond motifs is 1. The van der Waals surface area contributed by atoms with Gasteiger partial charge in [-0.2, -0.15) is 5.10 Å². The summed E-state index contributed by atoms with van der Waals surface area (Å²) in [7, 11) is 0. The number of benzene rings is 2. The Bertz CT molecular complexity index is 1340. The predicted octanol–water partition coefficient (Wildman–Crippen LogP) is 4.46. The van der Waals surface area contributed by atoms with Crippen molar-refractivity contribution in [1.29, 1.82) is 0 Å². The summed E-state index contributed by atoms with van der Waals surface area (Å²) in [6.07, 6.45) is 1.64. The topological polar surface area (TPSA) is 81.8 Å². The van der Waals surface area contributed by atoms with E-state index in [1.165, 1.54) is 17.3 Å². The number of carbonyl (C=O) groups is 1. The number of anilines is 1. The van der Waals surface area contributed by atoms with Crippen molar-refractivity contribution in [2.45, 2.75) is 51.9 Å². The molecule has 0 aliphatic rings. The van der Waals surface area contributed by atoms with E-state index in [0.717, 1.165) is 17.7 Å². The molecule has 0 aliphatic heterocycles. The second-order valence-corrected chi connectivity index (χ2v) is 9.01. The fraction of sp³-hybridized carbons (Fsp3) is 0.308. The van der Waals surface area contributed by atoms with Crippen LogP contribution in [0.15, 0.2) is 64.5 Å². The molecule has 8 heteroatoms. The molecule has 0 atom stereocenters. The van der Waals surface area contributed by atoms with E-state index < -0.39 is 0 Å². The smallest absolute Gasteiger partial charge is 0.280 e. The zero-order chi connectivity index (χ0) is 24.1. The molecule has 0 radical (unpaired) electrons. The van der Waals surface area contributed by atoms with Gasteiger partial charge in [-0.05, 0) is 49.9 Å². The minimum absolute atomic E-state index is 0.124. The standard InChI is InChI=1S/C26H29N5O2S/c1-4-19-11-13-21(14-12-19)27-22(32)17-34-26-28-23-18(3)29-31(5-2)24(23)25(33)30(26)16-15-20-9-7-6-8-10-20/h6-14H,4-5,15-17H2,1-3H3,(H,27,32). The Hall–Kier alpha value is -3.39. The van der Waals surface area contributed by atoms with Crippen LogP contribution in [0.3, 0.4) is 0 Å². The molecule has 2 heterocycles. The lowest BCUT2D eigenvalue weighted by molar-refractivity contribution is -0.113. The first-order valence-electron chi connectivity index (χ1n) is 11.5. The third-order valence-electron chi connectivity index (χ3n) is 5.73. The molecule has 0 saturated carbocycles. The predicted molar refractivity (Wildman–Crippen MR) is 138 cm³/mol. The Morgan fingerprint density at radius 1 is 1.03 bits per heavy atom. The molecular weight excluding hydrogens is 446 g/mol. The maximum Gasteiger partial charge on any atom is 0.280 e. The molecule has 34 heavy (non-hydrogen) atoms. The summed E-state index contributed by atoms with van der Waals surface area (Å²) in [5.74, 6) is 0.0129. The van der Waals surface area contributed by atoms with E-state index in [0.29, 0.717) is 41.4 Å². The summed E-state index contributed by atoms with van der Waals surface area (Å²) < 4.78 is 3.39. The van der Waals surface area contributed by atoms with Gasteiger partial charge in [-0.15, -0.1) is 0 Å². The Labute approximate surface area is 203 Å². The zero-order valence-electron chi connectivity index (χ0n) is 19.7. The SMILES string of the molecule is CCc1ccc(NC(=O)CSc2nc3c(C)nn(CC)c3c(=O)n2CCc2ccccc2)cc1. The Morgan fingerprint density at radius 3 is 2.44 bits per heavy atom. The molecule has 4 rings (SSSR count). The Kier molecular flexibility index (Phi) is 7.47. The highest BCUT2D eigenvalue weighted by atomic mass is 32.2. The minimum Gasteiger partial charge on any atom is -0.325 e. The van der Waals surface area contributed by atoms with E-state index >= 15 is 0 Å². The van der Waals surface area contributed by atoms with Gasteiger partial charge in [0, 0.05) is 18.8 Å². The molecule has 2 aromatic carbocycles. The first-order chi connectivity index (χ1) is 16.5. The van der Waals surface area contributed by atoms with Crippen molar-refractivity contribution in [3.05, 3.63) is 81.8 Å². The van der Waals surface area contributed by atoms with Crippen LogP contribution < -0.4 is 10.9 Å². The average Bonchev–Trinajstić information content (AvgIpc) is 3.19. The molecule has 176 valence electrons. The molecule has 4 aromatic rings. The summed E-state index contributed by atoms with van der Waals surface area (Å²) in [5.41, 5.74) is 4.81. The zero-order valence-corrected chi connectivity index (χ0v) is 20.6. The van der Waals surface area contributed by atoms with Gasteiger partial charge in [0.1, 0.15) is 5.52 Å². The van der Waals surface area contributed by atoms with Crippen LogP contribution in [-0.4, -0.2) is 31.0 Å². The van der Waals surface area contributed by atoms with Crippen LogP contribution in [0.5, 0.6) is 0 Å². The Morgan fingerprint density at radius 2 is 1.76 bits per heavy atom. The van der Waals surface area contributed by atoms with Crippen LogP contribution in [0.1, 0.15) is 30.7 Å². The van der Waals surface area contributed by atoms with Crippen molar-refractivity contribution in [3.8, 4) is 0 Å². The number of hydrogen-bond acceptors (Lipinski definition) is 5. The highest BCUT2D eigenvalue weighted by molar-refractivity contribution is 7.99. The number of aromatic nitrogens is 4. The van der Waals surface area contributed by atoms with Crippen molar-refractivity contribution < 1.29 is 4.79 Å². The van der Waals surface area contributed by atoms with E-state index in [9.17, 15) is 9.59 Å². The third kappa shape index (κ3) is 5.22. The quantitative estimate of drug-likeness (QED) is 0.286. The van der Waals surface area contributed by atoms with Crippen LogP contribution >= 0.6 is 11.8 Å². The largest absolute Gasteiger partial charge is 0.325 e. The first-order valence-corrected chi connectivity index (χ1v) is 12.5. The summed E-state index contributed by atoms with van der Waals surface area (Å²) >= 11 is 1.27. The number of carbonyl (C=O) groups excluding carboxylic acids is 1. The van der Waals surface area contributed by atoms with Crippen LogP contribution in [0, 0.1) is 6.92 Å². The molecule has 0 saturated heterocycles. The van der Waals surface area contributed by atoms with Crippen molar-refractivity contribution in [3.63, 3.8) is 0 Å². The average molecular weight is 476 g/mol. The molecule has 1 amide bonds. The van der Waals surface area contributed by atoms with Crippen LogP contribution in [0.25, 0.3) is 11.0 Å². The molecule has 0 spiro atoms. The van der Waals surface area contributed by atoms with Crippen molar-refractivity contribution in [2.75, 3.05) is 11.1 Å². The maximum atomic E-state index is 13.5. The highest BCUT2D eigenvalue weighted by Gasteiger charge is 2.19. The summed E-state index contributed by atoms with van der Waals surface area (Å²) in [4.78, 5) is 30.9. The van der Waals surface area contributed by atoms with E-state index in [-0.39, 0.29) is 17.2 Å². The van der Waals surface area contributed by atoms with Gasteiger partial charge < -0.3 is 5.32 Å². The lowest BCUT2D eigenvalue weighted by Gasteiger charge is -2.13. The Balaban J connectivity index is 1.59. The molecule has 0 unspecified atom stereocenters. The normalized spacial score (nSPS) is 11.1. The van der Waals surface area contributed by atoms with Gasteiger partial charge in [0.15, 0.2) is 10.7 Å². The van der Waals surface area contributed by atoms with Gasteiger partial charge in [-0.25, -0.2) is 4.98 Å². The molecular formula is C26H29N5O2S. The molecule has 0 fully saturated rings. The summed E-state index contributed by atoms with van der Waals surface area (Å²) in [6.45, 7) is 6.97. The fourth-order valence-corrected chi connectivity index (χ4v) is 4.68. The van der Waals surface area contributed by atoms with Crippen molar-refractivity contribution in [1.82, 2.24) is 19.3 Å².